The van der Waals surface area contributed by atoms with Crippen molar-refractivity contribution in [3.8, 4) is 0 Å². The summed E-state index contributed by atoms with van der Waals surface area (Å²) in [4.78, 5) is 12.7. The summed E-state index contributed by atoms with van der Waals surface area (Å²) in [7, 11) is 0. The van der Waals surface area contributed by atoms with Crippen molar-refractivity contribution in [2.75, 3.05) is 6.54 Å². The third-order valence-corrected chi connectivity index (χ3v) is 2.37. The molecule has 1 saturated heterocycles. The number of amides is 1. The topological polar surface area (TPSA) is 32.3 Å². The number of halogens is 2. The van der Waals surface area contributed by atoms with Crippen LogP contribution in [0.1, 0.15) is 26.7 Å². The van der Waals surface area contributed by atoms with E-state index in [0.29, 0.717) is 0 Å². The molecule has 1 N–H and O–H groups in total. The summed E-state index contributed by atoms with van der Waals surface area (Å²) in [5.74, 6) is -0.219. The molecule has 0 spiro atoms. The van der Waals surface area contributed by atoms with Gasteiger partial charge in [-0.15, -0.1) is 0 Å². The van der Waals surface area contributed by atoms with Gasteiger partial charge in [0.05, 0.1) is 18.8 Å². The summed E-state index contributed by atoms with van der Waals surface area (Å²) in [5.41, 5.74) is 0. The Morgan fingerprint density at radius 2 is 2.21 bits per heavy atom. The van der Waals surface area contributed by atoms with Crippen LogP contribution in [-0.4, -0.2) is 36.0 Å². The predicted octanol–water partition coefficient (Wildman–Crippen LogP) is 1.20. The highest BCUT2D eigenvalue weighted by Crippen LogP contribution is 2.16. The number of hydrogen-bond acceptors (Lipinski definition) is 2. The van der Waals surface area contributed by atoms with Gasteiger partial charge < -0.3 is 4.90 Å². The second-order valence-electron chi connectivity index (χ2n) is 3.57. The molecule has 14 heavy (non-hydrogen) atoms. The lowest BCUT2D eigenvalue weighted by Crippen LogP contribution is -2.40. The van der Waals surface area contributed by atoms with Gasteiger partial charge in [-0.1, -0.05) is 13.3 Å². The van der Waals surface area contributed by atoms with E-state index in [0.717, 1.165) is 12.8 Å². The fourth-order valence-corrected chi connectivity index (χ4v) is 1.73. The molecular weight excluding hydrogens is 190 g/mol. The fraction of sp³-hybridized carbons (Fsp3) is 0.889. The van der Waals surface area contributed by atoms with Gasteiger partial charge in [0.1, 0.15) is 0 Å². The molecule has 1 fully saturated rings. The van der Waals surface area contributed by atoms with Crippen molar-refractivity contribution in [3.63, 3.8) is 0 Å². The van der Waals surface area contributed by atoms with Crippen LogP contribution in [0.2, 0.25) is 0 Å². The third kappa shape index (κ3) is 2.41. The first kappa shape index (κ1) is 11.4. The molecule has 0 aliphatic carbocycles. The summed E-state index contributed by atoms with van der Waals surface area (Å²) >= 11 is 0. The maximum absolute atomic E-state index is 12.2. The Hall–Kier alpha value is -0.710. The van der Waals surface area contributed by atoms with Gasteiger partial charge in [-0.2, -0.15) is 0 Å². The molecule has 1 heterocycles. The Balaban J connectivity index is 2.61. The van der Waals surface area contributed by atoms with E-state index in [1.54, 1.807) is 6.92 Å². The van der Waals surface area contributed by atoms with Crippen LogP contribution in [0.25, 0.3) is 0 Å². The average molecular weight is 206 g/mol. The summed E-state index contributed by atoms with van der Waals surface area (Å²) in [6.45, 7) is 3.22. The zero-order chi connectivity index (χ0) is 10.7. The Morgan fingerprint density at radius 3 is 2.71 bits per heavy atom. The molecule has 0 aromatic rings. The molecule has 2 atom stereocenters. The van der Waals surface area contributed by atoms with E-state index in [1.165, 1.54) is 4.90 Å². The number of nitrogens with zero attached hydrogens (tertiary/aromatic N) is 1. The van der Waals surface area contributed by atoms with Gasteiger partial charge in [-0.25, -0.2) is 8.78 Å². The molecule has 0 saturated carbocycles. The lowest BCUT2D eigenvalue weighted by atomic mass is 10.2. The van der Waals surface area contributed by atoms with Crippen LogP contribution in [0.15, 0.2) is 0 Å². The first-order valence-corrected chi connectivity index (χ1v) is 4.91. The van der Waals surface area contributed by atoms with Crippen LogP contribution in [0.3, 0.4) is 0 Å². The summed E-state index contributed by atoms with van der Waals surface area (Å²) in [5, 5.41) is 3.00. The molecule has 1 amide bonds. The third-order valence-electron chi connectivity index (χ3n) is 2.37. The Labute approximate surface area is 82.5 Å². The van der Waals surface area contributed by atoms with E-state index >= 15 is 0 Å². The lowest BCUT2D eigenvalue weighted by molar-refractivity contribution is -0.131. The van der Waals surface area contributed by atoms with Gasteiger partial charge >= 0.3 is 0 Å². The predicted molar refractivity (Wildman–Crippen MR) is 49.0 cm³/mol. The van der Waals surface area contributed by atoms with Crippen LogP contribution in [0.4, 0.5) is 8.78 Å². The lowest BCUT2D eigenvalue weighted by Gasteiger charge is -2.23. The van der Waals surface area contributed by atoms with Crippen molar-refractivity contribution in [2.45, 2.75) is 45.3 Å². The zero-order valence-electron chi connectivity index (χ0n) is 8.46. The number of carbonyl (C=O) groups excluding carboxylic acids is 1. The minimum Gasteiger partial charge on any atom is -0.320 e. The number of rotatable bonds is 4. The van der Waals surface area contributed by atoms with Gasteiger partial charge in [0.15, 0.2) is 0 Å². The molecule has 3 nitrogen and oxygen atoms in total. The van der Waals surface area contributed by atoms with Gasteiger partial charge in [0.25, 0.3) is 6.43 Å². The van der Waals surface area contributed by atoms with E-state index in [-0.39, 0.29) is 18.1 Å². The second-order valence-corrected chi connectivity index (χ2v) is 3.57. The molecule has 5 heteroatoms. The Bertz CT molecular complexity index is 211. The van der Waals surface area contributed by atoms with Crippen molar-refractivity contribution in [3.05, 3.63) is 0 Å². The SMILES string of the molecule is CCCC1NC(C)C(=O)N1CC(F)F. The van der Waals surface area contributed by atoms with Crippen LogP contribution >= 0.6 is 0 Å². The molecule has 0 radical (unpaired) electrons. The van der Waals surface area contributed by atoms with E-state index < -0.39 is 13.0 Å². The van der Waals surface area contributed by atoms with Crippen molar-refractivity contribution in [1.29, 1.82) is 0 Å². The van der Waals surface area contributed by atoms with Crippen LogP contribution in [-0.2, 0) is 4.79 Å². The van der Waals surface area contributed by atoms with Crippen molar-refractivity contribution < 1.29 is 13.6 Å². The summed E-state index contributed by atoms with van der Waals surface area (Å²) in [6, 6.07) is -0.328. The highest BCUT2D eigenvalue weighted by Gasteiger charge is 2.36. The second kappa shape index (κ2) is 4.68. The van der Waals surface area contributed by atoms with Crippen molar-refractivity contribution in [2.24, 2.45) is 0 Å². The van der Waals surface area contributed by atoms with E-state index in [1.807, 2.05) is 6.92 Å². The minimum absolute atomic E-state index is 0.212. The number of alkyl halides is 2. The quantitative estimate of drug-likeness (QED) is 0.749. The normalized spacial score (nSPS) is 27.8. The Morgan fingerprint density at radius 1 is 1.57 bits per heavy atom. The maximum atomic E-state index is 12.2. The zero-order valence-corrected chi connectivity index (χ0v) is 8.46. The number of nitrogens with one attached hydrogen (secondary N) is 1. The monoisotopic (exact) mass is 206 g/mol. The molecule has 0 aromatic carbocycles. The van der Waals surface area contributed by atoms with Gasteiger partial charge in [-0.3, -0.25) is 10.1 Å². The molecule has 1 aliphatic heterocycles. The summed E-state index contributed by atoms with van der Waals surface area (Å²) < 4.78 is 24.4. The minimum atomic E-state index is -2.45. The Kier molecular flexibility index (Phi) is 3.80. The molecular formula is C9H16F2N2O. The maximum Gasteiger partial charge on any atom is 0.255 e. The first-order valence-electron chi connectivity index (χ1n) is 4.91. The molecule has 82 valence electrons. The molecule has 1 rings (SSSR count). The standard InChI is InChI=1S/C9H16F2N2O/c1-3-4-8-12-6(2)9(14)13(8)5-7(10)11/h6-8,12H,3-5H2,1-2H3. The highest BCUT2D eigenvalue weighted by atomic mass is 19.3. The van der Waals surface area contributed by atoms with E-state index in [9.17, 15) is 13.6 Å². The van der Waals surface area contributed by atoms with E-state index in [2.05, 4.69) is 5.32 Å². The number of hydrogen-bond donors (Lipinski definition) is 1. The molecule has 2 unspecified atom stereocenters. The smallest absolute Gasteiger partial charge is 0.255 e. The number of carbonyl (C=O) groups is 1. The highest BCUT2D eigenvalue weighted by molar-refractivity contribution is 5.83. The van der Waals surface area contributed by atoms with Crippen LogP contribution in [0, 0.1) is 0 Å². The average Bonchev–Trinajstić information content (AvgIpc) is 2.33. The van der Waals surface area contributed by atoms with E-state index in [4.69, 9.17) is 0 Å². The van der Waals surface area contributed by atoms with Gasteiger partial charge in [0, 0.05) is 0 Å². The van der Waals surface area contributed by atoms with Crippen molar-refractivity contribution >= 4 is 5.91 Å². The largest absolute Gasteiger partial charge is 0.320 e. The van der Waals surface area contributed by atoms with Crippen molar-refractivity contribution in [1.82, 2.24) is 10.2 Å². The van der Waals surface area contributed by atoms with Gasteiger partial charge in [-0.05, 0) is 13.3 Å². The fourth-order valence-electron chi connectivity index (χ4n) is 1.73. The first-order chi connectivity index (χ1) is 6.56. The van der Waals surface area contributed by atoms with Crippen LogP contribution in [0.5, 0.6) is 0 Å². The summed E-state index contributed by atoms with van der Waals surface area (Å²) in [6.07, 6.45) is -1.07. The molecule has 0 aromatic heterocycles. The molecule has 0 bridgehead atoms. The molecule has 1 aliphatic rings. The van der Waals surface area contributed by atoms with Crippen LogP contribution < -0.4 is 5.32 Å². The van der Waals surface area contributed by atoms with Gasteiger partial charge in [0.2, 0.25) is 5.91 Å².